The molecule has 3 aromatic rings. The number of hydrogen-bond acceptors (Lipinski definition) is 3. The number of fused-ring (bicyclic) bond motifs is 1. The Morgan fingerprint density at radius 1 is 1.33 bits per heavy atom. The molecule has 1 N–H and O–H groups in total. The molecular formula is C16H18N4O. The standard InChI is InChI=1S/C16H18N4O/c1-10(21)15-18-13-9-12(5-6-14(13)19(15)2)20-8-7-17-16(20)11-3-4-11/h5-11,21H,3-4H2,1-2H3. The second kappa shape index (κ2) is 4.43. The molecule has 2 aromatic heterocycles. The van der Waals surface area contributed by atoms with E-state index in [9.17, 15) is 5.11 Å². The van der Waals surface area contributed by atoms with Crippen molar-refractivity contribution in [1.82, 2.24) is 19.1 Å². The molecule has 2 heterocycles. The van der Waals surface area contributed by atoms with Gasteiger partial charge in [0.15, 0.2) is 0 Å². The lowest BCUT2D eigenvalue weighted by atomic mass is 10.2. The maximum absolute atomic E-state index is 9.79. The van der Waals surface area contributed by atoms with Gasteiger partial charge in [0.25, 0.3) is 0 Å². The molecule has 5 nitrogen and oxygen atoms in total. The Hall–Kier alpha value is -2.14. The summed E-state index contributed by atoms with van der Waals surface area (Å²) in [4.78, 5) is 9.03. The monoisotopic (exact) mass is 282 g/mol. The van der Waals surface area contributed by atoms with E-state index in [0.717, 1.165) is 22.5 Å². The summed E-state index contributed by atoms with van der Waals surface area (Å²) in [5, 5.41) is 9.79. The fraction of sp³-hybridized carbons (Fsp3) is 0.375. The van der Waals surface area contributed by atoms with Crippen LogP contribution in [0.15, 0.2) is 30.6 Å². The molecule has 5 heteroatoms. The lowest BCUT2D eigenvalue weighted by molar-refractivity contribution is 0.186. The average molecular weight is 282 g/mol. The summed E-state index contributed by atoms with van der Waals surface area (Å²) in [5.41, 5.74) is 3.02. The summed E-state index contributed by atoms with van der Waals surface area (Å²) in [6, 6.07) is 6.21. The molecule has 1 atom stereocenters. The largest absolute Gasteiger partial charge is 0.385 e. The molecule has 1 aliphatic rings. The van der Waals surface area contributed by atoms with Crippen LogP contribution in [0, 0.1) is 0 Å². The Morgan fingerprint density at radius 2 is 2.14 bits per heavy atom. The summed E-state index contributed by atoms with van der Waals surface area (Å²) in [7, 11) is 1.93. The molecule has 1 unspecified atom stereocenters. The van der Waals surface area contributed by atoms with E-state index < -0.39 is 6.10 Å². The zero-order chi connectivity index (χ0) is 14.6. The van der Waals surface area contributed by atoms with Crippen LogP contribution >= 0.6 is 0 Å². The zero-order valence-corrected chi connectivity index (χ0v) is 12.2. The number of imidazole rings is 2. The molecule has 1 fully saturated rings. The summed E-state index contributed by atoms with van der Waals surface area (Å²) in [6.45, 7) is 1.74. The molecule has 0 bridgehead atoms. The molecule has 0 radical (unpaired) electrons. The van der Waals surface area contributed by atoms with E-state index in [-0.39, 0.29) is 0 Å². The zero-order valence-electron chi connectivity index (χ0n) is 12.2. The summed E-state index contributed by atoms with van der Waals surface area (Å²) >= 11 is 0. The molecule has 0 spiro atoms. The Kier molecular flexibility index (Phi) is 2.65. The van der Waals surface area contributed by atoms with Gasteiger partial charge in [-0.15, -0.1) is 0 Å². The van der Waals surface area contributed by atoms with Crippen molar-refractivity contribution < 1.29 is 5.11 Å². The van der Waals surface area contributed by atoms with Crippen molar-refractivity contribution in [3.8, 4) is 5.69 Å². The SMILES string of the molecule is CC(O)c1nc2cc(-n3ccnc3C3CC3)ccc2n1C. The molecule has 0 saturated heterocycles. The fourth-order valence-corrected chi connectivity index (χ4v) is 2.91. The molecule has 108 valence electrons. The number of aryl methyl sites for hydroxylation is 1. The maximum Gasteiger partial charge on any atom is 0.138 e. The normalized spacial score (nSPS) is 16.5. The predicted molar refractivity (Wildman–Crippen MR) is 80.4 cm³/mol. The first-order valence-electron chi connectivity index (χ1n) is 7.33. The van der Waals surface area contributed by atoms with Crippen LogP contribution in [0.2, 0.25) is 0 Å². The van der Waals surface area contributed by atoms with Crippen molar-refractivity contribution in [2.75, 3.05) is 0 Å². The Morgan fingerprint density at radius 3 is 2.86 bits per heavy atom. The molecule has 1 saturated carbocycles. The molecule has 21 heavy (non-hydrogen) atoms. The van der Waals surface area contributed by atoms with Crippen molar-refractivity contribution in [3.05, 3.63) is 42.2 Å². The highest BCUT2D eigenvalue weighted by Crippen LogP contribution is 2.40. The van der Waals surface area contributed by atoms with E-state index in [2.05, 4.69) is 32.7 Å². The van der Waals surface area contributed by atoms with E-state index in [1.807, 2.05) is 24.0 Å². The number of benzene rings is 1. The summed E-state index contributed by atoms with van der Waals surface area (Å²) in [6.07, 6.45) is 5.76. The van der Waals surface area contributed by atoms with Crippen LogP contribution in [0.5, 0.6) is 0 Å². The molecule has 0 amide bonds. The van der Waals surface area contributed by atoms with Gasteiger partial charge >= 0.3 is 0 Å². The van der Waals surface area contributed by atoms with Gasteiger partial charge in [0, 0.05) is 31.0 Å². The Bertz CT molecular complexity index is 811. The first-order chi connectivity index (χ1) is 10.1. The van der Waals surface area contributed by atoms with Crippen LogP contribution in [-0.2, 0) is 7.05 Å². The lowest BCUT2D eigenvalue weighted by Gasteiger charge is -2.07. The number of nitrogens with zero attached hydrogens (tertiary/aromatic N) is 4. The molecule has 0 aliphatic heterocycles. The minimum Gasteiger partial charge on any atom is -0.385 e. The van der Waals surface area contributed by atoms with Crippen molar-refractivity contribution in [1.29, 1.82) is 0 Å². The maximum atomic E-state index is 9.79. The van der Waals surface area contributed by atoms with Crippen LogP contribution in [-0.4, -0.2) is 24.2 Å². The Balaban J connectivity index is 1.85. The van der Waals surface area contributed by atoms with E-state index in [4.69, 9.17) is 0 Å². The predicted octanol–water partition coefficient (Wildman–Crippen LogP) is 2.69. The highest BCUT2D eigenvalue weighted by molar-refractivity contribution is 5.78. The fourth-order valence-electron chi connectivity index (χ4n) is 2.91. The lowest BCUT2D eigenvalue weighted by Crippen LogP contribution is -2.01. The summed E-state index contributed by atoms with van der Waals surface area (Å²) < 4.78 is 4.09. The number of aliphatic hydroxyl groups excluding tert-OH is 1. The number of aliphatic hydroxyl groups is 1. The van der Waals surface area contributed by atoms with Gasteiger partial charge in [0.2, 0.25) is 0 Å². The van der Waals surface area contributed by atoms with Gasteiger partial charge in [-0.1, -0.05) is 0 Å². The van der Waals surface area contributed by atoms with Gasteiger partial charge in [0.05, 0.1) is 11.0 Å². The van der Waals surface area contributed by atoms with Crippen LogP contribution in [0.3, 0.4) is 0 Å². The second-order valence-electron chi connectivity index (χ2n) is 5.81. The van der Waals surface area contributed by atoms with E-state index >= 15 is 0 Å². The minimum absolute atomic E-state index is 0.568. The van der Waals surface area contributed by atoms with Gasteiger partial charge in [-0.25, -0.2) is 9.97 Å². The third-order valence-electron chi connectivity index (χ3n) is 4.16. The van der Waals surface area contributed by atoms with E-state index in [1.165, 1.54) is 12.8 Å². The van der Waals surface area contributed by atoms with Gasteiger partial charge < -0.3 is 14.2 Å². The van der Waals surface area contributed by atoms with Gasteiger partial charge in [0.1, 0.15) is 17.8 Å². The number of rotatable bonds is 3. The van der Waals surface area contributed by atoms with Crippen LogP contribution < -0.4 is 0 Å². The molecular weight excluding hydrogens is 264 g/mol. The molecule has 1 aliphatic carbocycles. The average Bonchev–Trinajstić information content (AvgIpc) is 3.10. The smallest absolute Gasteiger partial charge is 0.138 e. The molecule has 1 aromatic carbocycles. The number of aromatic nitrogens is 4. The first kappa shape index (κ1) is 12.6. The van der Waals surface area contributed by atoms with E-state index in [1.54, 1.807) is 6.92 Å². The van der Waals surface area contributed by atoms with Crippen LogP contribution in [0.4, 0.5) is 0 Å². The molecule has 4 rings (SSSR count). The quantitative estimate of drug-likeness (QED) is 0.803. The number of hydrogen-bond donors (Lipinski definition) is 1. The first-order valence-corrected chi connectivity index (χ1v) is 7.33. The van der Waals surface area contributed by atoms with Crippen molar-refractivity contribution in [2.45, 2.75) is 31.8 Å². The summed E-state index contributed by atoms with van der Waals surface area (Å²) in [5.74, 6) is 2.43. The highest BCUT2D eigenvalue weighted by Gasteiger charge is 2.28. The highest BCUT2D eigenvalue weighted by atomic mass is 16.3. The van der Waals surface area contributed by atoms with Crippen molar-refractivity contribution in [3.63, 3.8) is 0 Å². The minimum atomic E-state index is -0.568. The third kappa shape index (κ3) is 1.96. The van der Waals surface area contributed by atoms with E-state index in [0.29, 0.717) is 11.7 Å². The van der Waals surface area contributed by atoms with Crippen LogP contribution in [0.1, 0.15) is 43.4 Å². The van der Waals surface area contributed by atoms with Crippen LogP contribution in [0.25, 0.3) is 16.7 Å². The second-order valence-corrected chi connectivity index (χ2v) is 5.81. The van der Waals surface area contributed by atoms with Gasteiger partial charge in [-0.3, -0.25) is 0 Å². The van der Waals surface area contributed by atoms with Gasteiger partial charge in [-0.2, -0.15) is 0 Å². The Labute approximate surface area is 122 Å². The van der Waals surface area contributed by atoms with Crippen molar-refractivity contribution >= 4 is 11.0 Å². The third-order valence-corrected chi connectivity index (χ3v) is 4.16. The van der Waals surface area contributed by atoms with Gasteiger partial charge in [-0.05, 0) is 38.0 Å². The topological polar surface area (TPSA) is 55.9 Å². The van der Waals surface area contributed by atoms with Crippen molar-refractivity contribution in [2.24, 2.45) is 7.05 Å².